The van der Waals surface area contributed by atoms with Gasteiger partial charge in [0.15, 0.2) is 0 Å². The van der Waals surface area contributed by atoms with Gasteiger partial charge in [-0.2, -0.15) is 16.1 Å². The number of benzene rings is 1. The highest BCUT2D eigenvalue weighted by atomic mass is 35.5. The molecule has 0 radical (unpaired) electrons. The molecule has 1 aromatic carbocycles. The van der Waals surface area contributed by atoms with Crippen LogP contribution in [0.15, 0.2) is 35.4 Å². The molecule has 1 aromatic heterocycles. The number of hydrogen-bond acceptors (Lipinski definition) is 5. The number of thioether (sulfide) groups is 1. The van der Waals surface area contributed by atoms with E-state index in [0.29, 0.717) is 36.2 Å². The summed E-state index contributed by atoms with van der Waals surface area (Å²) in [6.07, 6.45) is 1.34. The number of rotatable bonds is 6. The Labute approximate surface area is 167 Å². The minimum Gasteiger partial charge on any atom is -0.492 e. The summed E-state index contributed by atoms with van der Waals surface area (Å²) in [7, 11) is -3.61. The van der Waals surface area contributed by atoms with Gasteiger partial charge in [0.1, 0.15) is 16.3 Å². The second kappa shape index (κ2) is 8.55. The summed E-state index contributed by atoms with van der Waals surface area (Å²) in [5, 5.41) is 3.16. The van der Waals surface area contributed by atoms with Gasteiger partial charge in [-0.25, -0.2) is 8.42 Å². The molecule has 1 saturated heterocycles. The first-order chi connectivity index (χ1) is 12.9. The van der Waals surface area contributed by atoms with Crippen molar-refractivity contribution in [1.29, 1.82) is 0 Å². The smallest absolute Gasteiger partial charge is 0.272 e. The predicted octanol–water partition coefficient (Wildman–Crippen LogP) is 3.06. The van der Waals surface area contributed by atoms with Crippen molar-refractivity contribution in [2.75, 3.05) is 36.5 Å². The van der Waals surface area contributed by atoms with Crippen LogP contribution in [0.2, 0.25) is 5.02 Å². The van der Waals surface area contributed by atoms with Crippen molar-refractivity contribution in [1.82, 2.24) is 9.29 Å². The molecule has 2 N–H and O–H groups in total. The molecule has 2 heterocycles. The number of nitrogens with zero attached hydrogens (tertiary/aromatic N) is 1. The lowest BCUT2D eigenvalue weighted by Crippen LogP contribution is -2.37. The summed E-state index contributed by atoms with van der Waals surface area (Å²) in [4.78, 5) is 15.4. The van der Waals surface area contributed by atoms with Crippen molar-refractivity contribution in [3.63, 3.8) is 0 Å². The monoisotopic (exact) mass is 429 g/mol. The summed E-state index contributed by atoms with van der Waals surface area (Å²) in [6.45, 7) is 3.21. The highest BCUT2D eigenvalue weighted by molar-refractivity contribution is 7.99. The zero-order chi connectivity index (χ0) is 19.4. The van der Waals surface area contributed by atoms with Gasteiger partial charge >= 0.3 is 0 Å². The summed E-state index contributed by atoms with van der Waals surface area (Å²) < 4.78 is 32.3. The highest BCUT2D eigenvalue weighted by Crippen LogP contribution is 2.29. The summed E-state index contributed by atoms with van der Waals surface area (Å²) in [5.41, 5.74) is 0.559. The average Bonchev–Trinajstić information content (AvgIpc) is 3.16. The Hall–Kier alpha value is -1.68. The molecule has 1 amide bonds. The van der Waals surface area contributed by atoms with Crippen molar-refractivity contribution in [3.05, 3.63) is 41.2 Å². The molecule has 2 aromatic rings. The maximum Gasteiger partial charge on any atom is 0.272 e. The fraction of sp³-hybridized carbons (Fsp3) is 0.353. The third kappa shape index (κ3) is 4.60. The number of carbonyl (C=O) groups is 1. The zero-order valence-electron chi connectivity index (χ0n) is 14.7. The zero-order valence-corrected chi connectivity index (χ0v) is 17.1. The number of sulfonamides is 1. The molecule has 0 saturated carbocycles. The van der Waals surface area contributed by atoms with Gasteiger partial charge in [0.25, 0.3) is 5.91 Å². The van der Waals surface area contributed by atoms with Gasteiger partial charge in [0.05, 0.1) is 12.3 Å². The topological polar surface area (TPSA) is 91.5 Å². The number of nitrogens with one attached hydrogen (secondary N) is 2. The number of amides is 1. The number of aromatic amines is 1. The van der Waals surface area contributed by atoms with Crippen molar-refractivity contribution in [2.24, 2.45) is 0 Å². The first kappa shape index (κ1) is 20.1. The lowest BCUT2D eigenvalue weighted by atomic mass is 10.2. The Bertz CT molecular complexity index is 924. The van der Waals surface area contributed by atoms with Crippen molar-refractivity contribution in [2.45, 2.75) is 11.8 Å². The maximum absolute atomic E-state index is 12.7. The molecule has 7 nitrogen and oxygen atoms in total. The highest BCUT2D eigenvalue weighted by Gasteiger charge is 2.28. The molecule has 0 atom stereocenters. The van der Waals surface area contributed by atoms with Crippen LogP contribution in [-0.4, -0.2) is 54.8 Å². The van der Waals surface area contributed by atoms with Crippen molar-refractivity contribution in [3.8, 4) is 5.75 Å². The van der Waals surface area contributed by atoms with Crippen LogP contribution in [0.1, 0.15) is 17.4 Å². The number of carbonyl (C=O) groups excluding carboxylic acids is 1. The Morgan fingerprint density at radius 3 is 2.78 bits per heavy atom. The Morgan fingerprint density at radius 1 is 1.33 bits per heavy atom. The van der Waals surface area contributed by atoms with Crippen LogP contribution < -0.4 is 10.1 Å². The number of aromatic nitrogens is 1. The van der Waals surface area contributed by atoms with E-state index < -0.39 is 15.9 Å². The minimum atomic E-state index is -3.61. The van der Waals surface area contributed by atoms with Gasteiger partial charge in [0.2, 0.25) is 10.0 Å². The molecule has 1 aliphatic heterocycles. The van der Waals surface area contributed by atoms with E-state index in [2.05, 4.69) is 10.3 Å². The van der Waals surface area contributed by atoms with E-state index in [1.54, 1.807) is 30.0 Å². The second-order valence-electron chi connectivity index (χ2n) is 5.79. The first-order valence-corrected chi connectivity index (χ1v) is 11.4. The van der Waals surface area contributed by atoms with E-state index in [9.17, 15) is 13.2 Å². The van der Waals surface area contributed by atoms with Crippen LogP contribution >= 0.6 is 23.4 Å². The van der Waals surface area contributed by atoms with E-state index in [4.69, 9.17) is 16.3 Å². The van der Waals surface area contributed by atoms with Crippen LogP contribution in [0.5, 0.6) is 5.75 Å². The van der Waals surface area contributed by atoms with Gasteiger partial charge in [-0.1, -0.05) is 11.6 Å². The third-order valence-corrected chi connectivity index (χ3v) is 7.05. The molecular formula is C17H20ClN3O4S2. The lowest BCUT2D eigenvalue weighted by molar-refractivity contribution is 0.102. The van der Waals surface area contributed by atoms with Gasteiger partial charge < -0.3 is 15.0 Å². The fourth-order valence-electron chi connectivity index (χ4n) is 2.66. The molecule has 0 spiro atoms. The number of anilines is 1. The summed E-state index contributed by atoms with van der Waals surface area (Å²) in [5.74, 6) is 1.55. The number of H-pyrrole nitrogens is 1. The van der Waals surface area contributed by atoms with Crippen LogP contribution in [0.4, 0.5) is 5.69 Å². The largest absolute Gasteiger partial charge is 0.492 e. The van der Waals surface area contributed by atoms with Crippen LogP contribution in [0.3, 0.4) is 0 Å². The van der Waals surface area contributed by atoms with Gasteiger partial charge in [-0.3, -0.25) is 4.79 Å². The van der Waals surface area contributed by atoms with E-state index >= 15 is 0 Å². The molecule has 1 aliphatic rings. The van der Waals surface area contributed by atoms with Gasteiger partial charge in [-0.05, 0) is 31.2 Å². The Balaban J connectivity index is 1.78. The predicted molar refractivity (Wildman–Crippen MR) is 107 cm³/mol. The maximum atomic E-state index is 12.7. The van der Waals surface area contributed by atoms with Gasteiger partial charge in [-0.15, -0.1) is 0 Å². The molecule has 0 unspecified atom stereocenters. The van der Waals surface area contributed by atoms with E-state index in [1.807, 2.05) is 6.92 Å². The molecule has 27 heavy (non-hydrogen) atoms. The lowest BCUT2D eigenvalue weighted by Gasteiger charge is -2.24. The van der Waals surface area contributed by atoms with E-state index in [-0.39, 0.29) is 10.6 Å². The molecule has 0 bridgehead atoms. The van der Waals surface area contributed by atoms with Crippen LogP contribution in [0, 0.1) is 0 Å². The molecule has 10 heteroatoms. The average molecular weight is 430 g/mol. The minimum absolute atomic E-state index is 0.0793. The number of ether oxygens (including phenoxy) is 1. The summed E-state index contributed by atoms with van der Waals surface area (Å²) >= 11 is 7.72. The normalized spacial score (nSPS) is 15.5. The number of halogens is 1. The molecule has 3 rings (SSSR count). The van der Waals surface area contributed by atoms with Gasteiger partial charge in [0, 0.05) is 35.8 Å². The second-order valence-corrected chi connectivity index (χ2v) is 9.39. The molecular weight excluding hydrogens is 410 g/mol. The molecule has 146 valence electrons. The summed E-state index contributed by atoms with van der Waals surface area (Å²) in [6, 6.07) is 6.26. The third-order valence-electron chi connectivity index (χ3n) is 4.00. The standard InChI is InChI=1S/C17H20ClN3O4S2/c1-2-25-16-4-3-12(18)9-14(16)20-17(22)15-10-13(11-19-15)27(23,24)21-5-7-26-8-6-21/h3-4,9-11,19H,2,5-8H2,1H3,(H,20,22). The number of hydrogen-bond donors (Lipinski definition) is 2. The van der Waals surface area contributed by atoms with Crippen LogP contribution in [0.25, 0.3) is 0 Å². The van der Waals surface area contributed by atoms with E-state index in [1.165, 1.54) is 16.6 Å². The molecule has 0 aliphatic carbocycles. The fourth-order valence-corrected chi connectivity index (χ4v) is 5.40. The molecule has 1 fully saturated rings. The quantitative estimate of drug-likeness (QED) is 0.736. The Kier molecular flexibility index (Phi) is 6.36. The van der Waals surface area contributed by atoms with Crippen molar-refractivity contribution >= 4 is 45.0 Å². The van der Waals surface area contributed by atoms with Crippen molar-refractivity contribution < 1.29 is 17.9 Å². The Morgan fingerprint density at radius 2 is 2.07 bits per heavy atom. The van der Waals surface area contributed by atoms with Crippen LogP contribution in [-0.2, 0) is 10.0 Å². The SMILES string of the molecule is CCOc1ccc(Cl)cc1NC(=O)c1cc(S(=O)(=O)N2CCSCC2)c[nH]1. The van der Waals surface area contributed by atoms with E-state index in [0.717, 1.165) is 11.5 Å². The first-order valence-electron chi connectivity index (χ1n) is 8.42.